The number of rotatable bonds is 6. The number of carbonyl (C=O) groups excluding carboxylic acids is 2. The predicted octanol–water partition coefficient (Wildman–Crippen LogP) is 4.29. The summed E-state index contributed by atoms with van der Waals surface area (Å²) >= 11 is 7.60. The van der Waals surface area contributed by atoms with Gasteiger partial charge in [-0.3, -0.25) is 14.9 Å². The van der Waals surface area contributed by atoms with Crippen LogP contribution in [0.2, 0.25) is 5.02 Å². The normalized spacial score (nSPS) is 12.8. The number of aromatic nitrogens is 1. The van der Waals surface area contributed by atoms with Crippen molar-refractivity contribution in [2.75, 3.05) is 17.2 Å². The minimum Gasteiger partial charge on any atom is -0.484 e. The lowest BCUT2D eigenvalue weighted by Crippen LogP contribution is -2.21. The Kier molecular flexibility index (Phi) is 5.78. The number of hydrogen-bond donors (Lipinski definition) is 2. The lowest BCUT2D eigenvalue weighted by atomic mass is 10.0. The minimum absolute atomic E-state index is 0.0166. The third-order valence-electron chi connectivity index (χ3n) is 4.46. The fourth-order valence-corrected chi connectivity index (χ4v) is 4.08. The van der Waals surface area contributed by atoms with E-state index in [4.69, 9.17) is 16.3 Å². The molecule has 0 bridgehead atoms. The van der Waals surface area contributed by atoms with Crippen molar-refractivity contribution in [3.63, 3.8) is 0 Å². The highest BCUT2D eigenvalue weighted by atomic mass is 35.5. The highest BCUT2D eigenvalue weighted by Gasteiger charge is 2.15. The Morgan fingerprint density at radius 2 is 2.10 bits per heavy atom. The second-order valence-electron chi connectivity index (χ2n) is 6.60. The second-order valence-corrected chi connectivity index (χ2v) is 8.13. The van der Waals surface area contributed by atoms with E-state index in [1.807, 2.05) is 30.3 Å². The van der Waals surface area contributed by atoms with Gasteiger partial charge in [-0.05, 0) is 41.8 Å². The van der Waals surface area contributed by atoms with Crippen molar-refractivity contribution >= 4 is 45.6 Å². The third kappa shape index (κ3) is 4.93. The summed E-state index contributed by atoms with van der Waals surface area (Å²) in [6.07, 6.45) is 3.52. The lowest BCUT2D eigenvalue weighted by molar-refractivity contribution is -0.118. The molecule has 2 amide bonds. The van der Waals surface area contributed by atoms with E-state index in [0.717, 1.165) is 21.7 Å². The Hall–Kier alpha value is -2.90. The van der Waals surface area contributed by atoms with E-state index >= 15 is 0 Å². The van der Waals surface area contributed by atoms with Crippen molar-refractivity contribution in [1.82, 2.24) is 4.98 Å². The van der Waals surface area contributed by atoms with Gasteiger partial charge in [0, 0.05) is 34.6 Å². The number of thiazole rings is 1. The molecule has 0 unspecified atom stereocenters. The Morgan fingerprint density at radius 3 is 2.97 bits per heavy atom. The van der Waals surface area contributed by atoms with Gasteiger partial charge in [-0.25, -0.2) is 4.98 Å². The van der Waals surface area contributed by atoms with Crippen LogP contribution >= 0.6 is 22.9 Å². The number of amides is 2. The predicted molar refractivity (Wildman–Crippen MR) is 114 cm³/mol. The fourth-order valence-electron chi connectivity index (χ4n) is 3.03. The van der Waals surface area contributed by atoms with Gasteiger partial charge in [0.15, 0.2) is 11.7 Å². The molecule has 2 N–H and O–H groups in total. The number of halogens is 1. The first kappa shape index (κ1) is 19.4. The number of benzene rings is 2. The van der Waals surface area contributed by atoms with Gasteiger partial charge in [0.05, 0.1) is 0 Å². The Bertz CT molecular complexity index is 1070. The van der Waals surface area contributed by atoms with Crippen LogP contribution in [-0.2, 0) is 22.4 Å². The summed E-state index contributed by atoms with van der Waals surface area (Å²) in [6.45, 7) is -0.120. The molecule has 1 aliphatic rings. The molecule has 0 saturated carbocycles. The van der Waals surface area contributed by atoms with Crippen LogP contribution in [0.25, 0.3) is 0 Å². The SMILES string of the molecule is O=C(COc1ccc2c(c1)CCC(=O)N2)Nc1ncc(Cc2ccccc2Cl)s1. The molecule has 6 nitrogen and oxygen atoms in total. The van der Waals surface area contributed by atoms with Crippen LogP contribution in [0.5, 0.6) is 5.75 Å². The fraction of sp³-hybridized carbons (Fsp3) is 0.190. The second kappa shape index (κ2) is 8.63. The Morgan fingerprint density at radius 1 is 1.24 bits per heavy atom. The molecule has 0 radical (unpaired) electrons. The summed E-state index contributed by atoms with van der Waals surface area (Å²) in [6, 6.07) is 13.0. The molecular weight excluding hydrogens is 410 g/mol. The molecular formula is C21H18ClN3O3S. The molecule has 4 rings (SSSR count). The molecule has 29 heavy (non-hydrogen) atoms. The monoisotopic (exact) mass is 427 g/mol. The van der Waals surface area contributed by atoms with E-state index in [-0.39, 0.29) is 18.4 Å². The van der Waals surface area contributed by atoms with Gasteiger partial charge in [-0.2, -0.15) is 0 Å². The van der Waals surface area contributed by atoms with Crippen molar-refractivity contribution in [1.29, 1.82) is 0 Å². The summed E-state index contributed by atoms with van der Waals surface area (Å²) in [4.78, 5) is 28.9. The van der Waals surface area contributed by atoms with Gasteiger partial charge >= 0.3 is 0 Å². The smallest absolute Gasteiger partial charge is 0.264 e. The van der Waals surface area contributed by atoms with Gasteiger partial charge in [-0.15, -0.1) is 11.3 Å². The summed E-state index contributed by atoms with van der Waals surface area (Å²) < 4.78 is 5.59. The number of nitrogens with one attached hydrogen (secondary N) is 2. The van der Waals surface area contributed by atoms with E-state index < -0.39 is 0 Å². The summed E-state index contributed by atoms with van der Waals surface area (Å²) in [5.74, 6) is 0.325. The molecule has 0 saturated heterocycles. The first-order valence-electron chi connectivity index (χ1n) is 9.10. The molecule has 148 valence electrons. The van der Waals surface area contributed by atoms with Crippen LogP contribution < -0.4 is 15.4 Å². The van der Waals surface area contributed by atoms with Gasteiger partial charge in [0.1, 0.15) is 5.75 Å². The minimum atomic E-state index is -0.283. The van der Waals surface area contributed by atoms with Crippen molar-refractivity contribution in [3.05, 3.63) is 69.7 Å². The summed E-state index contributed by atoms with van der Waals surface area (Å²) in [7, 11) is 0. The number of carbonyl (C=O) groups is 2. The highest BCUT2D eigenvalue weighted by Crippen LogP contribution is 2.27. The van der Waals surface area contributed by atoms with Crippen molar-refractivity contribution in [3.8, 4) is 5.75 Å². The maximum absolute atomic E-state index is 12.2. The number of hydrogen-bond acceptors (Lipinski definition) is 5. The van der Waals surface area contributed by atoms with Crippen LogP contribution in [-0.4, -0.2) is 23.4 Å². The molecule has 0 fully saturated rings. The zero-order chi connectivity index (χ0) is 20.2. The zero-order valence-corrected chi connectivity index (χ0v) is 17.0. The number of fused-ring (bicyclic) bond motifs is 1. The number of ether oxygens (including phenoxy) is 1. The Balaban J connectivity index is 1.31. The van der Waals surface area contributed by atoms with Crippen molar-refractivity contribution in [2.45, 2.75) is 19.3 Å². The third-order valence-corrected chi connectivity index (χ3v) is 5.75. The lowest BCUT2D eigenvalue weighted by Gasteiger charge is -2.17. The average molecular weight is 428 g/mol. The van der Waals surface area contributed by atoms with Crippen LogP contribution in [0.15, 0.2) is 48.7 Å². The Labute approximate surface area is 176 Å². The van der Waals surface area contributed by atoms with E-state index in [9.17, 15) is 9.59 Å². The zero-order valence-electron chi connectivity index (χ0n) is 15.4. The molecule has 0 aliphatic carbocycles. The number of aryl methyl sites for hydroxylation is 1. The van der Waals surface area contributed by atoms with Gasteiger partial charge in [0.25, 0.3) is 5.91 Å². The van der Waals surface area contributed by atoms with Crippen LogP contribution in [0.4, 0.5) is 10.8 Å². The van der Waals surface area contributed by atoms with E-state index in [2.05, 4.69) is 15.6 Å². The molecule has 2 heterocycles. The quantitative estimate of drug-likeness (QED) is 0.615. The molecule has 8 heteroatoms. The van der Waals surface area contributed by atoms with Crippen molar-refractivity contribution in [2.24, 2.45) is 0 Å². The summed E-state index contributed by atoms with van der Waals surface area (Å²) in [5.41, 5.74) is 2.82. The van der Waals surface area contributed by atoms with Crippen LogP contribution in [0, 0.1) is 0 Å². The highest BCUT2D eigenvalue weighted by molar-refractivity contribution is 7.15. The van der Waals surface area contributed by atoms with Crippen molar-refractivity contribution < 1.29 is 14.3 Å². The molecule has 0 atom stereocenters. The van der Waals surface area contributed by atoms with Crippen LogP contribution in [0.3, 0.4) is 0 Å². The van der Waals surface area contributed by atoms with E-state index in [0.29, 0.717) is 35.2 Å². The largest absolute Gasteiger partial charge is 0.484 e. The first-order chi connectivity index (χ1) is 14.1. The van der Waals surface area contributed by atoms with Crippen LogP contribution in [0.1, 0.15) is 22.4 Å². The maximum Gasteiger partial charge on any atom is 0.264 e. The average Bonchev–Trinajstić information content (AvgIpc) is 3.15. The number of nitrogens with zero attached hydrogens (tertiary/aromatic N) is 1. The van der Waals surface area contributed by atoms with E-state index in [1.165, 1.54) is 11.3 Å². The van der Waals surface area contributed by atoms with E-state index in [1.54, 1.807) is 18.3 Å². The maximum atomic E-state index is 12.2. The summed E-state index contributed by atoms with van der Waals surface area (Å²) in [5, 5.41) is 6.81. The van der Waals surface area contributed by atoms with Gasteiger partial charge in [0.2, 0.25) is 5.91 Å². The topological polar surface area (TPSA) is 80.3 Å². The standard InChI is InChI=1S/C21H18ClN3O3S/c22-17-4-2-1-3-13(17)10-16-11-23-21(29-16)25-20(27)12-28-15-6-7-18-14(9-15)5-8-19(26)24-18/h1-4,6-7,9,11H,5,8,10,12H2,(H,24,26)(H,23,25,27). The molecule has 2 aromatic carbocycles. The number of anilines is 2. The molecule has 0 spiro atoms. The molecule has 3 aromatic rings. The van der Waals surface area contributed by atoms with Gasteiger partial charge < -0.3 is 10.1 Å². The first-order valence-corrected chi connectivity index (χ1v) is 10.3. The molecule has 1 aromatic heterocycles. The molecule has 1 aliphatic heterocycles. The van der Waals surface area contributed by atoms with Gasteiger partial charge in [-0.1, -0.05) is 29.8 Å².